The molecule has 0 atom stereocenters. The van der Waals surface area contributed by atoms with E-state index in [1.807, 2.05) is 0 Å². The molecule has 2 amide bonds. The number of benzene rings is 1. The van der Waals surface area contributed by atoms with Crippen LogP contribution in [0.25, 0.3) is 0 Å². The molecule has 0 spiro atoms. The summed E-state index contributed by atoms with van der Waals surface area (Å²) in [6, 6.07) is 8.85. The van der Waals surface area contributed by atoms with Crippen molar-refractivity contribution in [2.75, 3.05) is 9.62 Å². The fourth-order valence-corrected chi connectivity index (χ4v) is 3.50. The Balaban J connectivity index is 1.83. The van der Waals surface area contributed by atoms with E-state index in [1.54, 1.807) is 18.3 Å². The zero-order valence-corrected chi connectivity index (χ0v) is 13.5. The first-order valence-electron chi connectivity index (χ1n) is 7.36. The van der Waals surface area contributed by atoms with Crippen molar-refractivity contribution in [2.24, 2.45) is 0 Å². The number of pyridine rings is 1. The van der Waals surface area contributed by atoms with Crippen LogP contribution in [-0.2, 0) is 19.6 Å². The Morgan fingerprint density at radius 1 is 1.00 bits per heavy atom. The molecular weight excluding hydrogens is 330 g/mol. The molecule has 1 aliphatic heterocycles. The van der Waals surface area contributed by atoms with Crippen molar-refractivity contribution < 1.29 is 18.0 Å². The van der Waals surface area contributed by atoms with Gasteiger partial charge in [-0.2, -0.15) is 0 Å². The second-order valence-corrected chi connectivity index (χ2v) is 7.00. The van der Waals surface area contributed by atoms with Gasteiger partial charge in [-0.05, 0) is 42.8 Å². The van der Waals surface area contributed by atoms with Gasteiger partial charge in [0.1, 0.15) is 0 Å². The molecular formula is C16H15N3O4S. The van der Waals surface area contributed by atoms with Gasteiger partial charge in [-0.3, -0.25) is 24.2 Å². The summed E-state index contributed by atoms with van der Waals surface area (Å²) in [6.07, 6.45) is 4.12. The van der Waals surface area contributed by atoms with E-state index in [0.29, 0.717) is 30.6 Å². The molecule has 0 bridgehead atoms. The van der Waals surface area contributed by atoms with Gasteiger partial charge in [-0.25, -0.2) is 8.42 Å². The van der Waals surface area contributed by atoms with Crippen LogP contribution in [0, 0.1) is 0 Å². The number of hydrogen-bond donors (Lipinski definition) is 1. The van der Waals surface area contributed by atoms with Gasteiger partial charge in [-0.1, -0.05) is 0 Å². The zero-order valence-electron chi connectivity index (χ0n) is 12.7. The number of amides is 2. The van der Waals surface area contributed by atoms with Gasteiger partial charge in [0.05, 0.1) is 22.5 Å². The highest BCUT2D eigenvalue weighted by molar-refractivity contribution is 7.92. The topological polar surface area (TPSA) is 96.4 Å². The maximum atomic E-state index is 12.3. The van der Waals surface area contributed by atoms with Crippen LogP contribution in [0.3, 0.4) is 0 Å². The highest BCUT2D eigenvalue weighted by Crippen LogP contribution is 2.24. The third kappa shape index (κ3) is 3.28. The van der Waals surface area contributed by atoms with E-state index < -0.39 is 10.0 Å². The Morgan fingerprint density at radius 3 is 2.25 bits per heavy atom. The predicted molar refractivity (Wildman–Crippen MR) is 87.8 cm³/mol. The average molecular weight is 345 g/mol. The summed E-state index contributed by atoms with van der Waals surface area (Å²) in [4.78, 5) is 28.8. The van der Waals surface area contributed by atoms with Crippen molar-refractivity contribution in [3.63, 3.8) is 0 Å². The fraction of sp³-hybridized carbons (Fsp3) is 0.188. The molecule has 7 nitrogen and oxygen atoms in total. The van der Waals surface area contributed by atoms with Gasteiger partial charge in [0.15, 0.2) is 0 Å². The van der Waals surface area contributed by atoms with Crippen LogP contribution in [0.4, 0.5) is 11.4 Å². The lowest BCUT2D eigenvalue weighted by atomic mass is 10.1. The second kappa shape index (κ2) is 6.40. The number of anilines is 2. The number of nitrogens with zero attached hydrogens (tertiary/aromatic N) is 2. The molecule has 0 radical (unpaired) electrons. The van der Waals surface area contributed by atoms with Crippen LogP contribution >= 0.6 is 0 Å². The Bertz CT molecular complexity index is 848. The van der Waals surface area contributed by atoms with Crippen molar-refractivity contribution >= 4 is 33.2 Å². The van der Waals surface area contributed by atoms with Gasteiger partial charge < -0.3 is 0 Å². The molecule has 2 aromatic rings. The molecule has 1 fully saturated rings. The van der Waals surface area contributed by atoms with Crippen LogP contribution in [-0.4, -0.2) is 25.2 Å². The number of sulfonamides is 1. The lowest BCUT2D eigenvalue weighted by molar-refractivity contribution is -0.129. The Kier molecular flexibility index (Phi) is 4.30. The maximum absolute atomic E-state index is 12.3. The van der Waals surface area contributed by atoms with Crippen molar-refractivity contribution in [1.82, 2.24) is 4.98 Å². The number of nitrogens with one attached hydrogen (secondary N) is 1. The third-order valence-electron chi connectivity index (χ3n) is 3.60. The van der Waals surface area contributed by atoms with Crippen molar-refractivity contribution in [1.29, 1.82) is 0 Å². The quantitative estimate of drug-likeness (QED) is 0.854. The standard InChI is InChI=1S/C16H15N3O4S/c20-15-4-1-5-16(21)19(15)13-6-8-14(9-7-13)24(22,23)18-12-3-2-10-17-11-12/h2-3,6-11,18H,1,4-5H2. The monoisotopic (exact) mass is 345 g/mol. The number of carbonyl (C=O) groups is 2. The summed E-state index contributed by atoms with van der Waals surface area (Å²) >= 11 is 0. The van der Waals surface area contributed by atoms with Crippen LogP contribution in [0.1, 0.15) is 19.3 Å². The smallest absolute Gasteiger partial charge is 0.261 e. The summed E-state index contributed by atoms with van der Waals surface area (Å²) in [6.45, 7) is 0. The molecule has 1 N–H and O–H groups in total. The molecule has 1 aromatic heterocycles. The number of carbonyl (C=O) groups excluding carboxylic acids is 2. The molecule has 0 aliphatic carbocycles. The molecule has 24 heavy (non-hydrogen) atoms. The highest BCUT2D eigenvalue weighted by Gasteiger charge is 2.27. The predicted octanol–water partition coefficient (Wildman–Crippen LogP) is 1.93. The average Bonchev–Trinajstić information content (AvgIpc) is 2.56. The number of aromatic nitrogens is 1. The molecule has 8 heteroatoms. The van der Waals surface area contributed by atoms with Crippen LogP contribution in [0.2, 0.25) is 0 Å². The second-order valence-electron chi connectivity index (χ2n) is 5.32. The number of imide groups is 1. The SMILES string of the molecule is O=C1CCCC(=O)N1c1ccc(S(=O)(=O)Nc2cccnc2)cc1. The Hall–Kier alpha value is -2.74. The van der Waals surface area contributed by atoms with Crippen LogP contribution < -0.4 is 9.62 Å². The van der Waals surface area contributed by atoms with Crippen LogP contribution in [0.5, 0.6) is 0 Å². The van der Waals surface area contributed by atoms with Gasteiger partial charge in [0, 0.05) is 19.0 Å². The number of piperidine rings is 1. The third-order valence-corrected chi connectivity index (χ3v) is 5.00. The highest BCUT2D eigenvalue weighted by atomic mass is 32.2. The Labute approximate surface area is 139 Å². The lowest BCUT2D eigenvalue weighted by Gasteiger charge is -2.24. The normalized spacial score (nSPS) is 15.4. The largest absolute Gasteiger partial charge is 0.278 e. The molecule has 1 aliphatic rings. The van der Waals surface area contributed by atoms with Gasteiger partial charge in [0.25, 0.3) is 10.0 Å². The van der Waals surface area contributed by atoms with Gasteiger partial charge in [-0.15, -0.1) is 0 Å². The lowest BCUT2D eigenvalue weighted by Crippen LogP contribution is -2.40. The Morgan fingerprint density at radius 2 is 1.67 bits per heavy atom. The maximum Gasteiger partial charge on any atom is 0.261 e. The van der Waals surface area contributed by atoms with Crippen molar-refractivity contribution in [3.05, 3.63) is 48.8 Å². The summed E-state index contributed by atoms with van der Waals surface area (Å²) in [7, 11) is -3.77. The van der Waals surface area contributed by atoms with Gasteiger partial charge in [0.2, 0.25) is 11.8 Å². The van der Waals surface area contributed by atoms with E-state index in [0.717, 1.165) is 4.90 Å². The summed E-state index contributed by atoms with van der Waals surface area (Å²) < 4.78 is 27.1. The molecule has 0 unspecified atom stereocenters. The van der Waals surface area contributed by atoms with Crippen LogP contribution in [0.15, 0.2) is 53.7 Å². The van der Waals surface area contributed by atoms with E-state index in [9.17, 15) is 18.0 Å². The first-order valence-corrected chi connectivity index (χ1v) is 8.84. The first kappa shape index (κ1) is 16.1. The zero-order chi connectivity index (χ0) is 17.2. The van der Waals surface area contributed by atoms with Crippen molar-refractivity contribution in [2.45, 2.75) is 24.2 Å². The minimum absolute atomic E-state index is 0.0343. The molecule has 1 saturated heterocycles. The minimum Gasteiger partial charge on any atom is -0.278 e. The fourth-order valence-electron chi connectivity index (χ4n) is 2.45. The van der Waals surface area contributed by atoms with E-state index in [-0.39, 0.29) is 16.7 Å². The number of rotatable bonds is 4. The van der Waals surface area contributed by atoms with E-state index in [4.69, 9.17) is 0 Å². The van der Waals surface area contributed by atoms with Crippen molar-refractivity contribution in [3.8, 4) is 0 Å². The van der Waals surface area contributed by atoms with E-state index in [1.165, 1.54) is 30.5 Å². The molecule has 2 heterocycles. The number of hydrogen-bond acceptors (Lipinski definition) is 5. The first-order chi connectivity index (χ1) is 11.5. The summed E-state index contributed by atoms with van der Waals surface area (Å²) in [5.74, 6) is -0.536. The van der Waals surface area contributed by atoms with E-state index >= 15 is 0 Å². The molecule has 3 rings (SSSR count). The molecule has 1 aromatic carbocycles. The summed E-state index contributed by atoms with van der Waals surface area (Å²) in [5.41, 5.74) is 0.730. The minimum atomic E-state index is -3.77. The molecule has 0 saturated carbocycles. The van der Waals surface area contributed by atoms with Gasteiger partial charge >= 0.3 is 0 Å². The summed E-state index contributed by atoms with van der Waals surface area (Å²) in [5, 5.41) is 0. The van der Waals surface area contributed by atoms with E-state index in [2.05, 4.69) is 9.71 Å². The molecule has 124 valence electrons.